The van der Waals surface area contributed by atoms with Crippen LogP contribution in [0.2, 0.25) is 0 Å². The predicted molar refractivity (Wildman–Crippen MR) is 67.4 cm³/mol. The molecule has 0 aliphatic heterocycles. The number of rotatable bonds is 10. The SMILES string of the molecule is COCCN(CCO)C(=O)N[C@@H](CCC(=O)O)C(=O)O. The van der Waals surface area contributed by atoms with Gasteiger partial charge in [-0.25, -0.2) is 9.59 Å². The second kappa shape index (κ2) is 9.98. The number of aliphatic hydroxyl groups excluding tert-OH is 1. The molecule has 1 atom stereocenters. The first kappa shape index (κ1) is 18.1. The highest BCUT2D eigenvalue weighted by atomic mass is 16.5. The Bertz CT molecular complexity index is 335. The largest absolute Gasteiger partial charge is 0.481 e. The molecule has 0 aliphatic rings. The molecule has 116 valence electrons. The van der Waals surface area contributed by atoms with Crippen molar-refractivity contribution in [3.05, 3.63) is 0 Å². The number of carbonyl (C=O) groups is 3. The fraction of sp³-hybridized carbons (Fsp3) is 0.727. The van der Waals surface area contributed by atoms with Crippen molar-refractivity contribution < 1.29 is 34.4 Å². The second-order valence-corrected chi connectivity index (χ2v) is 3.98. The highest BCUT2D eigenvalue weighted by molar-refractivity contribution is 5.83. The van der Waals surface area contributed by atoms with Gasteiger partial charge in [0.05, 0.1) is 13.2 Å². The molecule has 0 aromatic carbocycles. The van der Waals surface area contributed by atoms with Crippen LogP contribution in [0.3, 0.4) is 0 Å². The normalized spacial score (nSPS) is 11.7. The van der Waals surface area contributed by atoms with E-state index in [1.807, 2.05) is 0 Å². The van der Waals surface area contributed by atoms with Crippen LogP contribution in [0.15, 0.2) is 0 Å². The zero-order chi connectivity index (χ0) is 15.5. The van der Waals surface area contributed by atoms with E-state index in [9.17, 15) is 14.4 Å². The molecule has 0 radical (unpaired) electrons. The molecule has 0 aromatic heterocycles. The highest BCUT2D eigenvalue weighted by Crippen LogP contribution is 2.00. The maximum Gasteiger partial charge on any atom is 0.326 e. The highest BCUT2D eigenvalue weighted by Gasteiger charge is 2.23. The molecule has 0 saturated heterocycles. The van der Waals surface area contributed by atoms with Crippen LogP contribution in [0.4, 0.5) is 4.79 Å². The minimum absolute atomic E-state index is 0.0282. The molecule has 9 heteroatoms. The van der Waals surface area contributed by atoms with Crippen LogP contribution in [0.1, 0.15) is 12.8 Å². The summed E-state index contributed by atoms with van der Waals surface area (Å²) in [6.07, 6.45) is -0.580. The molecule has 4 N–H and O–H groups in total. The lowest BCUT2D eigenvalue weighted by atomic mass is 10.1. The Labute approximate surface area is 116 Å². The average molecular weight is 292 g/mol. The van der Waals surface area contributed by atoms with Crippen molar-refractivity contribution in [2.45, 2.75) is 18.9 Å². The number of methoxy groups -OCH3 is 1. The van der Waals surface area contributed by atoms with Crippen LogP contribution < -0.4 is 5.32 Å². The standard InChI is InChI=1S/C11H20N2O7/c1-20-7-5-13(4-6-14)11(19)12-8(10(17)18)2-3-9(15)16/h8,14H,2-7H2,1H3,(H,12,19)(H,15,16)(H,17,18)/t8-/m0/s1. The lowest BCUT2D eigenvalue weighted by Gasteiger charge is -2.24. The van der Waals surface area contributed by atoms with Crippen molar-refractivity contribution in [3.63, 3.8) is 0 Å². The Hall–Kier alpha value is -1.87. The van der Waals surface area contributed by atoms with Crippen LogP contribution in [-0.4, -0.2) is 77.6 Å². The van der Waals surface area contributed by atoms with Crippen LogP contribution >= 0.6 is 0 Å². The Morgan fingerprint density at radius 3 is 2.35 bits per heavy atom. The number of hydrogen-bond acceptors (Lipinski definition) is 5. The van der Waals surface area contributed by atoms with Crippen LogP contribution in [0, 0.1) is 0 Å². The molecule has 0 unspecified atom stereocenters. The second-order valence-electron chi connectivity index (χ2n) is 3.98. The van der Waals surface area contributed by atoms with Gasteiger partial charge in [0, 0.05) is 26.6 Å². The zero-order valence-electron chi connectivity index (χ0n) is 11.2. The first-order chi connectivity index (χ1) is 9.42. The van der Waals surface area contributed by atoms with Gasteiger partial charge in [0.25, 0.3) is 0 Å². The number of aliphatic carboxylic acids is 2. The van der Waals surface area contributed by atoms with E-state index in [1.54, 1.807) is 0 Å². The van der Waals surface area contributed by atoms with Crippen molar-refractivity contribution in [2.24, 2.45) is 0 Å². The van der Waals surface area contributed by atoms with E-state index in [0.717, 1.165) is 0 Å². The lowest BCUT2D eigenvalue weighted by Crippen LogP contribution is -2.49. The zero-order valence-corrected chi connectivity index (χ0v) is 11.2. The van der Waals surface area contributed by atoms with Gasteiger partial charge in [0.15, 0.2) is 0 Å². The fourth-order valence-corrected chi connectivity index (χ4v) is 1.40. The number of hydrogen-bond donors (Lipinski definition) is 4. The van der Waals surface area contributed by atoms with Gasteiger partial charge in [-0.2, -0.15) is 0 Å². The number of carbonyl (C=O) groups excluding carboxylic acids is 1. The minimum Gasteiger partial charge on any atom is -0.481 e. The topological polar surface area (TPSA) is 136 Å². The molecule has 20 heavy (non-hydrogen) atoms. The summed E-state index contributed by atoms with van der Waals surface area (Å²) in [4.78, 5) is 34.4. The van der Waals surface area contributed by atoms with Crippen molar-refractivity contribution in [1.29, 1.82) is 0 Å². The summed E-state index contributed by atoms with van der Waals surface area (Å²) in [7, 11) is 1.45. The molecule has 0 aromatic rings. The van der Waals surface area contributed by atoms with Crippen LogP contribution in [0.5, 0.6) is 0 Å². The number of amides is 2. The van der Waals surface area contributed by atoms with Gasteiger partial charge in [-0.05, 0) is 6.42 Å². The molecule has 0 heterocycles. The van der Waals surface area contributed by atoms with Crippen molar-refractivity contribution in [1.82, 2.24) is 10.2 Å². The number of carboxylic acids is 2. The molecule has 0 aliphatic carbocycles. The van der Waals surface area contributed by atoms with E-state index in [0.29, 0.717) is 0 Å². The van der Waals surface area contributed by atoms with E-state index in [1.165, 1.54) is 12.0 Å². The average Bonchev–Trinajstić information content (AvgIpc) is 2.38. The first-order valence-corrected chi connectivity index (χ1v) is 6.02. The van der Waals surface area contributed by atoms with Gasteiger partial charge >= 0.3 is 18.0 Å². The number of ether oxygens (including phenoxy) is 1. The number of aliphatic hydroxyl groups is 1. The van der Waals surface area contributed by atoms with Crippen molar-refractivity contribution in [2.75, 3.05) is 33.4 Å². The van der Waals surface area contributed by atoms with Crippen LogP contribution in [0.25, 0.3) is 0 Å². The molecule has 0 saturated carbocycles. The third-order valence-electron chi connectivity index (χ3n) is 2.47. The van der Waals surface area contributed by atoms with Gasteiger partial charge in [-0.1, -0.05) is 0 Å². The molecule has 0 rings (SSSR count). The van der Waals surface area contributed by atoms with Gasteiger partial charge in [0.1, 0.15) is 6.04 Å². The number of nitrogens with one attached hydrogen (secondary N) is 1. The molecular formula is C11H20N2O7. The Kier molecular flexibility index (Phi) is 9.05. The first-order valence-electron chi connectivity index (χ1n) is 6.02. The molecule has 0 fully saturated rings. The van der Waals surface area contributed by atoms with E-state index in [2.05, 4.69) is 5.32 Å². The monoisotopic (exact) mass is 292 g/mol. The number of urea groups is 1. The molecule has 2 amide bonds. The van der Waals surface area contributed by atoms with Gasteiger partial charge < -0.3 is 30.3 Å². The molecule has 0 bridgehead atoms. The summed E-state index contributed by atoms with van der Waals surface area (Å²) >= 11 is 0. The van der Waals surface area contributed by atoms with E-state index < -0.39 is 24.0 Å². The summed E-state index contributed by atoms with van der Waals surface area (Å²) in [5.74, 6) is -2.45. The Morgan fingerprint density at radius 2 is 1.90 bits per heavy atom. The summed E-state index contributed by atoms with van der Waals surface area (Å²) in [5, 5.41) is 28.5. The number of nitrogens with zero attached hydrogens (tertiary/aromatic N) is 1. The van der Waals surface area contributed by atoms with Crippen molar-refractivity contribution in [3.8, 4) is 0 Å². The third-order valence-corrected chi connectivity index (χ3v) is 2.47. The molecule has 0 spiro atoms. The Balaban J connectivity index is 4.52. The van der Waals surface area contributed by atoms with Gasteiger partial charge in [-0.3, -0.25) is 4.79 Å². The summed E-state index contributed by atoms with van der Waals surface area (Å²) in [5.41, 5.74) is 0. The van der Waals surface area contributed by atoms with E-state index in [4.69, 9.17) is 20.1 Å². The maximum absolute atomic E-state index is 11.8. The van der Waals surface area contributed by atoms with E-state index in [-0.39, 0.29) is 39.1 Å². The summed E-state index contributed by atoms with van der Waals surface area (Å²) in [6, 6.07) is -1.98. The predicted octanol–water partition coefficient (Wildman–Crippen LogP) is -1.05. The quantitative estimate of drug-likeness (QED) is 0.403. The van der Waals surface area contributed by atoms with Gasteiger partial charge in [-0.15, -0.1) is 0 Å². The molecule has 9 nitrogen and oxygen atoms in total. The van der Waals surface area contributed by atoms with Crippen LogP contribution in [-0.2, 0) is 14.3 Å². The van der Waals surface area contributed by atoms with E-state index >= 15 is 0 Å². The third kappa shape index (κ3) is 7.54. The molecular weight excluding hydrogens is 272 g/mol. The maximum atomic E-state index is 11.8. The summed E-state index contributed by atoms with van der Waals surface area (Å²) in [6.45, 7) is 0.179. The Morgan fingerprint density at radius 1 is 1.25 bits per heavy atom. The number of carboxylic acid groups (broad SMARTS) is 2. The minimum atomic E-state index is -1.31. The lowest BCUT2D eigenvalue weighted by molar-refractivity contribution is -0.140. The fourth-order valence-electron chi connectivity index (χ4n) is 1.40. The summed E-state index contributed by atoms with van der Waals surface area (Å²) < 4.78 is 4.80. The van der Waals surface area contributed by atoms with Crippen molar-refractivity contribution >= 4 is 18.0 Å². The van der Waals surface area contributed by atoms with Gasteiger partial charge in [0.2, 0.25) is 0 Å². The smallest absolute Gasteiger partial charge is 0.326 e.